The molecule has 82 valence electrons. The fourth-order valence-electron chi connectivity index (χ4n) is 2.61. The van der Waals surface area contributed by atoms with Gasteiger partial charge in [0.2, 0.25) is 0 Å². The summed E-state index contributed by atoms with van der Waals surface area (Å²) in [5.74, 6) is 0. The molecule has 0 heterocycles. The van der Waals surface area contributed by atoms with E-state index in [9.17, 15) is 5.11 Å². The van der Waals surface area contributed by atoms with Crippen LogP contribution in [-0.4, -0.2) is 18.2 Å². The third kappa shape index (κ3) is 1.80. The van der Waals surface area contributed by atoms with Crippen LogP contribution in [-0.2, 0) is 6.42 Å². The fourth-order valence-corrected chi connectivity index (χ4v) is 2.61. The summed E-state index contributed by atoms with van der Waals surface area (Å²) in [6.07, 6.45) is 1.75. The number of nitrogens with one attached hydrogen (secondary N) is 1. The third-order valence-corrected chi connectivity index (χ3v) is 3.43. The van der Waals surface area contributed by atoms with Gasteiger partial charge in [-0.2, -0.15) is 0 Å². The van der Waals surface area contributed by atoms with Crippen molar-refractivity contribution in [1.82, 2.24) is 5.32 Å². The van der Waals surface area contributed by atoms with Gasteiger partial charge in [-0.3, -0.25) is 0 Å². The van der Waals surface area contributed by atoms with Crippen molar-refractivity contribution in [2.24, 2.45) is 0 Å². The van der Waals surface area contributed by atoms with Crippen LogP contribution in [0.3, 0.4) is 0 Å². The van der Waals surface area contributed by atoms with E-state index in [-0.39, 0.29) is 12.1 Å². The van der Waals surface area contributed by atoms with E-state index in [1.165, 1.54) is 16.7 Å². The number of hydrogen-bond acceptors (Lipinski definition) is 2. The molecular formula is C13H19NO. The van der Waals surface area contributed by atoms with E-state index in [1.54, 1.807) is 0 Å². The van der Waals surface area contributed by atoms with Gasteiger partial charge in [-0.05, 0) is 50.4 Å². The number of benzene rings is 1. The summed E-state index contributed by atoms with van der Waals surface area (Å²) in [6.45, 7) is 4.22. The Morgan fingerprint density at radius 2 is 2.07 bits per heavy atom. The summed E-state index contributed by atoms with van der Waals surface area (Å²) in [7, 11) is 1.92. The Kier molecular flexibility index (Phi) is 2.81. The van der Waals surface area contributed by atoms with E-state index < -0.39 is 0 Å². The SMILES string of the molecule is CNC1CCc2c(C)cc(C)cc2C1O. The predicted octanol–water partition coefficient (Wildman–Crippen LogP) is 1.87. The van der Waals surface area contributed by atoms with Crippen molar-refractivity contribution in [3.63, 3.8) is 0 Å². The highest BCUT2D eigenvalue weighted by Crippen LogP contribution is 2.32. The minimum Gasteiger partial charge on any atom is -0.387 e. The van der Waals surface area contributed by atoms with Gasteiger partial charge < -0.3 is 10.4 Å². The van der Waals surface area contributed by atoms with Crippen LogP contribution in [0.2, 0.25) is 0 Å². The Labute approximate surface area is 91.3 Å². The molecule has 2 heteroatoms. The normalized spacial score (nSPS) is 25.1. The van der Waals surface area contributed by atoms with Crippen molar-refractivity contribution in [1.29, 1.82) is 0 Å². The van der Waals surface area contributed by atoms with Gasteiger partial charge >= 0.3 is 0 Å². The third-order valence-electron chi connectivity index (χ3n) is 3.43. The number of hydrogen-bond donors (Lipinski definition) is 2. The van der Waals surface area contributed by atoms with Crippen LogP contribution < -0.4 is 5.32 Å². The van der Waals surface area contributed by atoms with Crippen LogP contribution in [0.15, 0.2) is 12.1 Å². The van der Waals surface area contributed by atoms with E-state index in [2.05, 4.69) is 31.3 Å². The van der Waals surface area contributed by atoms with Crippen LogP contribution in [0.4, 0.5) is 0 Å². The molecule has 1 aromatic rings. The highest BCUT2D eigenvalue weighted by molar-refractivity contribution is 5.41. The fraction of sp³-hybridized carbons (Fsp3) is 0.538. The minimum absolute atomic E-state index is 0.207. The Hall–Kier alpha value is -0.860. The first-order chi connectivity index (χ1) is 7.13. The summed E-state index contributed by atoms with van der Waals surface area (Å²) >= 11 is 0. The van der Waals surface area contributed by atoms with Gasteiger partial charge in [-0.15, -0.1) is 0 Å². The number of rotatable bonds is 1. The number of aryl methyl sites for hydroxylation is 2. The van der Waals surface area contributed by atoms with Crippen LogP contribution in [0.1, 0.15) is 34.8 Å². The lowest BCUT2D eigenvalue weighted by atomic mass is 9.83. The summed E-state index contributed by atoms with van der Waals surface area (Å²) < 4.78 is 0. The largest absolute Gasteiger partial charge is 0.387 e. The molecule has 0 saturated heterocycles. The molecule has 2 unspecified atom stereocenters. The molecule has 0 radical (unpaired) electrons. The summed E-state index contributed by atoms with van der Waals surface area (Å²) in [6, 6.07) is 4.53. The molecule has 0 spiro atoms. The Balaban J connectivity index is 2.46. The second-order valence-electron chi connectivity index (χ2n) is 4.53. The standard InChI is InChI=1S/C13H19NO/c1-8-6-9(2)10-4-5-12(14-3)13(15)11(10)7-8/h6-7,12-15H,4-5H2,1-3H3. The van der Waals surface area contributed by atoms with Crippen molar-refractivity contribution in [3.05, 3.63) is 34.4 Å². The molecule has 2 N–H and O–H groups in total. The van der Waals surface area contributed by atoms with Gasteiger partial charge in [-0.25, -0.2) is 0 Å². The first-order valence-electron chi connectivity index (χ1n) is 5.59. The van der Waals surface area contributed by atoms with Gasteiger partial charge in [0, 0.05) is 6.04 Å². The quantitative estimate of drug-likeness (QED) is 0.733. The average molecular weight is 205 g/mol. The lowest BCUT2D eigenvalue weighted by Gasteiger charge is -2.31. The molecule has 0 amide bonds. The molecule has 0 aliphatic heterocycles. The zero-order valence-electron chi connectivity index (χ0n) is 9.67. The zero-order chi connectivity index (χ0) is 11.0. The molecule has 2 rings (SSSR count). The minimum atomic E-state index is -0.350. The van der Waals surface area contributed by atoms with Crippen LogP contribution in [0.25, 0.3) is 0 Å². The monoisotopic (exact) mass is 205 g/mol. The van der Waals surface area contributed by atoms with Gasteiger partial charge in [0.15, 0.2) is 0 Å². The van der Waals surface area contributed by atoms with Crippen LogP contribution in [0.5, 0.6) is 0 Å². The van der Waals surface area contributed by atoms with Gasteiger partial charge in [0.1, 0.15) is 0 Å². The molecule has 1 aromatic carbocycles. The Morgan fingerprint density at radius 3 is 2.73 bits per heavy atom. The maximum absolute atomic E-state index is 10.2. The van der Waals surface area contributed by atoms with Crippen molar-refractivity contribution in [3.8, 4) is 0 Å². The van der Waals surface area contributed by atoms with Crippen molar-refractivity contribution >= 4 is 0 Å². The van der Waals surface area contributed by atoms with E-state index in [1.807, 2.05) is 7.05 Å². The molecule has 2 atom stereocenters. The van der Waals surface area contributed by atoms with Gasteiger partial charge in [0.05, 0.1) is 6.10 Å². The number of fused-ring (bicyclic) bond motifs is 1. The lowest BCUT2D eigenvalue weighted by molar-refractivity contribution is 0.119. The maximum atomic E-state index is 10.2. The first kappa shape index (κ1) is 10.7. The molecule has 15 heavy (non-hydrogen) atoms. The summed E-state index contributed by atoms with van der Waals surface area (Å²) in [4.78, 5) is 0. The second-order valence-corrected chi connectivity index (χ2v) is 4.53. The van der Waals surface area contributed by atoms with E-state index in [0.29, 0.717) is 0 Å². The van der Waals surface area contributed by atoms with E-state index in [0.717, 1.165) is 18.4 Å². The molecule has 0 fully saturated rings. The summed E-state index contributed by atoms with van der Waals surface area (Å²) in [5, 5.41) is 13.4. The van der Waals surface area contributed by atoms with Crippen molar-refractivity contribution in [2.45, 2.75) is 38.8 Å². The zero-order valence-corrected chi connectivity index (χ0v) is 9.67. The maximum Gasteiger partial charge on any atom is 0.0945 e. The smallest absolute Gasteiger partial charge is 0.0945 e. The van der Waals surface area contributed by atoms with Crippen molar-refractivity contribution in [2.75, 3.05) is 7.05 Å². The van der Waals surface area contributed by atoms with E-state index >= 15 is 0 Å². The Morgan fingerprint density at radius 1 is 1.33 bits per heavy atom. The first-order valence-corrected chi connectivity index (χ1v) is 5.59. The molecule has 1 aliphatic rings. The predicted molar refractivity (Wildman–Crippen MR) is 62.0 cm³/mol. The van der Waals surface area contributed by atoms with Crippen LogP contribution in [0, 0.1) is 13.8 Å². The molecule has 0 aromatic heterocycles. The number of aliphatic hydroxyl groups excluding tert-OH is 1. The molecule has 2 nitrogen and oxygen atoms in total. The molecule has 1 aliphatic carbocycles. The molecular weight excluding hydrogens is 186 g/mol. The van der Waals surface area contributed by atoms with E-state index in [4.69, 9.17) is 0 Å². The number of likely N-dealkylation sites (N-methyl/N-ethyl adjacent to an activating group) is 1. The number of aliphatic hydroxyl groups is 1. The highest BCUT2D eigenvalue weighted by Gasteiger charge is 2.27. The second kappa shape index (κ2) is 3.95. The highest BCUT2D eigenvalue weighted by atomic mass is 16.3. The van der Waals surface area contributed by atoms with Crippen molar-refractivity contribution < 1.29 is 5.11 Å². The topological polar surface area (TPSA) is 32.3 Å². The molecule has 0 bridgehead atoms. The Bertz CT molecular complexity index is 373. The average Bonchev–Trinajstić information content (AvgIpc) is 2.19. The summed E-state index contributed by atoms with van der Waals surface area (Å²) in [5.41, 5.74) is 5.03. The van der Waals surface area contributed by atoms with Gasteiger partial charge in [-0.1, -0.05) is 17.7 Å². The molecule has 0 saturated carbocycles. The lowest BCUT2D eigenvalue weighted by Crippen LogP contribution is -2.36. The van der Waals surface area contributed by atoms with Crippen LogP contribution >= 0.6 is 0 Å². The van der Waals surface area contributed by atoms with Gasteiger partial charge in [0.25, 0.3) is 0 Å².